The molecule has 0 radical (unpaired) electrons. The number of amides is 2. The van der Waals surface area contributed by atoms with Crippen molar-refractivity contribution in [2.45, 2.75) is 26.7 Å². The Morgan fingerprint density at radius 1 is 1.10 bits per heavy atom. The number of methoxy groups -OCH3 is 1. The number of hydrogen-bond donors (Lipinski definition) is 2. The number of ether oxygens (including phenoxy) is 1. The van der Waals surface area contributed by atoms with Crippen LogP contribution in [-0.4, -0.2) is 31.7 Å². The summed E-state index contributed by atoms with van der Waals surface area (Å²) in [6.07, 6.45) is 2.54. The number of carbonyl (C=O) groups excluding carboxylic acids is 2. The van der Waals surface area contributed by atoms with Crippen molar-refractivity contribution in [2.24, 2.45) is 5.16 Å². The van der Waals surface area contributed by atoms with Gasteiger partial charge in [-0.1, -0.05) is 48.8 Å². The van der Waals surface area contributed by atoms with E-state index in [-0.39, 0.29) is 12.5 Å². The van der Waals surface area contributed by atoms with Crippen LogP contribution in [0.4, 0.5) is 11.4 Å². The first-order chi connectivity index (χ1) is 14.0. The second-order valence-corrected chi connectivity index (χ2v) is 6.48. The Morgan fingerprint density at radius 2 is 1.79 bits per heavy atom. The van der Waals surface area contributed by atoms with E-state index in [1.54, 1.807) is 18.2 Å². The molecule has 0 saturated heterocycles. The third-order valence-electron chi connectivity index (χ3n) is 4.12. The number of para-hydroxylation sites is 1. The standard InChI is InChI=1S/C21H24ClN3O4/c1-4-14-7-6-8-15(5-2)21(14)25-20(27)13-29-23-12-19(26)24-17-11-16(22)9-10-18(17)28-3/h6-12H,4-5,13H2,1-3H3,(H,24,26)(H,25,27)/b23-12-. The maximum atomic E-state index is 12.2. The van der Waals surface area contributed by atoms with Crippen LogP contribution < -0.4 is 15.4 Å². The molecular formula is C21H24ClN3O4. The molecule has 0 saturated carbocycles. The summed E-state index contributed by atoms with van der Waals surface area (Å²) in [6.45, 7) is 3.74. The summed E-state index contributed by atoms with van der Waals surface area (Å²) in [4.78, 5) is 29.1. The largest absolute Gasteiger partial charge is 0.495 e. The number of carbonyl (C=O) groups is 2. The van der Waals surface area contributed by atoms with Crippen molar-refractivity contribution in [1.82, 2.24) is 0 Å². The molecule has 0 heterocycles. The number of rotatable bonds is 9. The summed E-state index contributed by atoms with van der Waals surface area (Å²) in [6, 6.07) is 10.8. The van der Waals surface area contributed by atoms with E-state index in [2.05, 4.69) is 15.8 Å². The van der Waals surface area contributed by atoms with Crippen LogP contribution in [0.15, 0.2) is 41.6 Å². The van der Waals surface area contributed by atoms with Crippen molar-refractivity contribution in [3.8, 4) is 5.75 Å². The zero-order valence-electron chi connectivity index (χ0n) is 16.6. The first kappa shape index (κ1) is 22.2. The lowest BCUT2D eigenvalue weighted by atomic mass is 10.0. The fourth-order valence-electron chi connectivity index (χ4n) is 2.70. The zero-order valence-corrected chi connectivity index (χ0v) is 17.4. The van der Waals surface area contributed by atoms with Crippen LogP contribution in [0.5, 0.6) is 5.75 Å². The molecule has 2 N–H and O–H groups in total. The molecule has 0 aromatic heterocycles. The molecule has 2 amide bonds. The number of aryl methyl sites for hydroxylation is 2. The molecular weight excluding hydrogens is 394 g/mol. The Kier molecular flexibility index (Phi) is 8.48. The molecule has 0 unspecified atom stereocenters. The maximum Gasteiger partial charge on any atom is 0.270 e. The van der Waals surface area contributed by atoms with Crippen molar-refractivity contribution in [1.29, 1.82) is 0 Å². The third kappa shape index (κ3) is 6.50. The lowest BCUT2D eigenvalue weighted by Crippen LogP contribution is -2.19. The highest BCUT2D eigenvalue weighted by Gasteiger charge is 2.11. The Hall–Kier alpha value is -3.06. The molecule has 0 aliphatic carbocycles. The summed E-state index contributed by atoms with van der Waals surface area (Å²) < 4.78 is 5.15. The first-order valence-electron chi connectivity index (χ1n) is 9.18. The van der Waals surface area contributed by atoms with E-state index in [0.717, 1.165) is 35.9 Å². The Morgan fingerprint density at radius 3 is 2.41 bits per heavy atom. The molecule has 0 aliphatic rings. The van der Waals surface area contributed by atoms with Crippen molar-refractivity contribution in [3.05, 3.63) is 52.5 Å². The van der Waals surface area contributed by atoms with Crippen LogP contribution in [0.2, 0.25) is 5.02 Å². The van der Waals surface area contributed by atoms with E-state index in [1.807, 2.05) is 32.0 Å². The van der Waals surface area contributed by atoms with E-state index >= 15 is 0 Å². The number of anilines is 2. The van der Waals surface area contributed by atoms with Gasteiger partial charge in [0.1, 0.15) is 12.0 Å². The molecule has 154 valence electrons. The SMILES string of the molecule is CCc1cccc(CC)c1NC(=O)CO/N=C\C(=O)Nc1cc(Cl)ccc1OC. The van der Waals surface area contributed by atoms with Gasteiger partial charge in [0.15, 0.2) is 6.61 Å². The molecule has 8 heteroatoms. The molecule has 2 aromatic carbocycles. The second-order valence-electron chi connectivity index (χ2n) is 6.05. The number of hydrogen-bond acceptors (Lipinski definition) is 5. The van der Waals surface area contributed by atoms with Gasteiger partial charge in [-0.25, -0.2) is 0 Å². The minimum Gasteiger partial charge on any atom is -0.495 e. The number of nitrogens with one attached hydrogen (secondary N) is 2. The molecule has 0 bridgehead atoms. The van der Waals surface area contributed by atoms with Gasteiger partial charge >= 0.3 is 0 Å². The molecule has 0 fully saturated rings. The Balaban J connectivity index is 1.88. The van der Waals surface area contributed by atoms with Gasteiger partial charge in [-0.3, -0.25) is 9.59 Å². The average molecular weight is 418 g/mol. The van der Waals surface area contributed by atoms with Crippen LogP contribution in [0.3, 0.4) is 0 Å². The molecule has 2 aromatic rings. The highest BCUT2D eigenvalue weighted by atomic mass is 35.5. The maximum absolute atomic E-state index is 12.2. The fourth-order valence-corrected chi connectivity index (χ4v) is 2.87. The summed E-state index contributed by atoms with van der Waals surface area (Å²) in [5.41, 5.74) is 3.31. The Labute approximate surface area is 175 Å². The van der Waals surface area contributed by atoms with Crippen molar-refractivity contribution in [3.63, 3.8) is 0 Å². The van der Waals surface area contributed by atoms with Crippen LogP contribution >= 0.6 is 11.6 Å². The fraction of sp³-hybridized carbons (Fsp3) is 0.286. The predicted molar refractivity (Wildman–Crippen MR) is 115 cm³/mol. The molecule has 2 rings (SSSR count). The van der Waals surface area contributed by atoms with Gasteiger partial charge in [0, 0.05) is 10.7 Å². The van der Waals surface area contributed by atoms with Crippen LogP contribution in [-0.2, 0) is 27.3 Å². The molecule has 0 atom stereocenters. The minimum absolute atomic E-state index is 0.314. The minimum atomic E-state index is -0.546. The number of oxime groups is 1. The lowest BCUT2D eigenvalue weighted by Gasteiger charge is -2.13. The molecule has 0 aliphatic heterocycles. The summed E-state index contributed by atoms with van der Waals surface area (Å²) in [7, 11) is 1.48. The Bertz CT molecular complexity index is 877. The predicted octanol–water partition coefficient (Wildman–Crippen LogP) is 4.05. The zero-order chi connectivity index (χ0) is 21.2. The van der Waals surface area contributed by atoms with Gasteiger partial charge in [-0.2, -0.15) is 0 Å². The molecule has 29 heavy (non-hydrogen) atoms. The number of nitrogens with zero attached hydrogens (tertiary/aromatic N) is 1. The van der Waals surface area contributed by atoms with Gasteiger partial charge < -0.3 is 20.2 Å². The monoisotopic (exact) mass is 417 g/mol. The summed E-state index contributed by atoms with van der Waals surface area (Å²) in [5.74, 6) is -0.442. The molecule has 7 nitrogen and oxygen atoms in total. The van der Waals surface area contributed by atoms with Crippen LogP contribution in [0.1, 0.15) is 25.0 Å². The summed E-state index contributed by atoms with van der Waals surface area (Å²) >= 11 is 5.92. The third-order valence-corrected chi connectivity index (χ3v) is 4.36. The van der Waals surface area contributed by atoms with Gasteiger partial charge in [-0.15, -0.1) is 0 Å². The average Bonchev–Trinajstić information content (AvgIpc) is 2.71. The van der Waals surface area contributed by atoms with Crippen molar-refractivity contribution in [2.75, 3.05) is 24.4 Å². The lowest BCUT2D eigenvalue weighted by molar-refractivity contribution is -0.120. The first-order valence-corrected chi connectivity index (χ1v) is 9.56. The smallest absolute Gasteiger partial charge is 0.270 e. The van der Waals surface area contributed by atoms with Crippen LogP contribution in [0, 0.1) is 0 Å². The second kappa shape index (κ2) is 11.1. The van der Waals surface area contributed by atoms with Gasteiger partial charge in [0.25, 0.3) is 11.8 Å². The number of halogens is 1. The van der Waals surface area contributed by atoms with Crippen LogP contribution in [0.25, 0.3) is 0 Å². The highest BCUT2D eigenvalue weighted by Crippen LogP contribution is 2.27. The van der Waals surface area contributed by atoms with Gasteiger partial charge in [0.2, 0.25) is 0 Å². The quantitative estimate of drug-likeness (QED) is 0.475. The summed E-state index contributed by atoms with van der Waals surface area (Å²) in [5, 5.41) is 9.43. The van der Waals surface area contributed by atoms with E-state index < -0.39 is 5.91 Å². The highest BCUT2D eigenvalue weighted by molar-refractivity contribution is 6.33. The van der Waals surface area contributed by atoms with E-state index in [1.165, 1.54) is 7.11 Å². The normalized spacial score (nSPS) is 10.6. The van der Waals surface area contributed by atoms with Gasteiger partial charge in [-0.05, 0) is 42.2 Å². The van der Waals surface area contributed by atoms with Crippen molar-refractivity contribution < 1.29 is 19.2 Å². The van der Waals surface area contributed by atoms with Crippen molar-refractivity contribution >= 4 is 41.0 Å². The van der Waals surface area contributed by atoms with E-state index in [9.17, 15) is 9.59 Å². The van der Waals surface area contributed by atoms with E-state index in [0.29, 0.717) is 16.5 Å². The van der Waals surface area contributed by atoms with E-state index in [4.69, 9.17) is 21.2 Å². The van der Waals surface area contributed by atoms with Gasteiger partial charge in [0.05, 0.1) is 12.8 Å². The number of benzene rings is 2. The topological polar surface area (TPSA) is 89.0 Å². The molecule has 0 spiro atoms.